The highest BCUT2D eigenvalue weighted by molar-refractivity contribution is 5.52. The van der Waals surface area contributed by atoms with Gasteiger partial charge in [-0.05, 0) is 37.1 Å². The number of hydrogen-bond donors (Lipinski definition) is 0. The van der Waals surface area contributed by atoms with Crippen LogP contribution in [0, 0.1) is 5.21 Å². The highest BCUT2D eigenvalue weighted by atomic mass is 16.5. The summed E-state index contributed by atoms with van der Waals surface area (Å²) in [7, 11) is 0. The third-order valence-corrected chi connectivity index (χ3v) is 3.27. The van der Waals surface area contributed by atoms with Crippen molar-refractivity contribution in [1.82, 2.24) is 0 Å². The lowest BCUT2D eigenvalue weighted by molar-refractivity contribution is -0.605. The molecule has 0 spiro atoms. The van der Waals surface area contributed by atoms with Gasteiger partial charge in [0.2, 0.25) is 0 Å². The molecule has 0 aliphatic rings. The number of rotatable bonds is 7. The quantitative estimate of drug-likeness (QED) is 0.433. The first-order valence-corrected chi connectivity index (χ1v) is 7.68. The van der Waals surface area contributed by atoms with Crippen LogP contribution in [0.3, 0.4) is 0 Å². The minimum Gasteiger partial charge on any atom is -0.619 e. The molecular weight excluding hydrogens is 276 g/mol. The van der Waals surface area contributed by atoms with Crippen molar-refractivity contribution < 1.29 is 4.73 Å². The number of azo groups is 1. The fraction of sp³-hybridized carbons (Fsp3) is 0.353. The summed E-state index contributed by atoms with van der Waals surface area (Å²) in [5.41, 5.74) is 2.68. The summed E-state index contributed by atoms with van der Waals surface area (Å²) in [4.78, 5) is 2.38. The van der Waals surface area contributed by atoms with Gasteiger partial charge in [0.15, 0.2) is 12.4 Å². The molecule has 0 atom stereocenters. The van der Waals surface area contributed by atoms with Gasteiger partial charge in [0, 0.05) is 30.9 Å². The van der Waals surface area contributed by atoms with E-state index >= 15 is 0 Å². The molecule has 0 unspecified atom stereocenters. The van der Waals surface area contributed by atoms with Crippen molar-refractivity contribution in [3.63, 3.8) is 0 Å². The Bertz CT molecular complexity index is 587. The van der Waals surface area contributed by atoms with E-state index in [4.69, 9.17) is 0 Å². The fourth-order valence-corrected chi connectivity index (χ4v) is 2.23. The van der Waals surface area contributed by atoms with Gasteiger partial charge in [-0.1, -0.05) is 13.8 Å². The van der Waals surface area contributed by atoms with Crippen LogP contribution in [0.5, 0.6) is 0 Å². The van der Waals surface area contributed by atoms with E-state index in [0.29, 0.717) is 5.69 Å². The van der Waals surface area contributed by atoms with E-state index in [0.717, 1.165) is 36.3 Å². The largest absolute Gasteiger partial charge is 0.619 e. The molecule has 1 heterocycles. The molecule has 0 saturated carbocycles. The van der Waals surface area contributed by atoms with Crippen molar-refractivity contribution in [2.45, 2.75) is 26.7 Å². The van der Waals surface area contributed by atoms with Crippen molar-refractivity contribution in [1.29, 1.82) is 0 Å². The van der Waals surface area contributed by atoms with Crippen molar-refractivity contribution in [2.75, 3.05) is 18.0 Å². The number of pyridine rings is 1. The zero-order valence-corrected chi connectivity index (χ0v) is 13.1. The average Bonchev–Trinajstić information content (AvgIpc) is 2.55. The van der Waals surface area contributed by atoms with Crippen LogP contribution in [0.4, 0.5) is 17.1 Å². The third-order valence-electron chi connectivity index (χ3n) is 3.27. The van der Waals surface area contributed by atoms with Gasteiger partial charge in [-0.2, -0.15) is 15.0 Å². The molecule has 0 saturated heterocycles. The zero-order valence-electron chi connectivity index (χ0n) is 13.1. The van der Waals surface area contributed by atoms with Crippen LogP contribution in [0.2, 0.25) is 0 Å². The van der Waals surface area contributed by atoms with E-state index in [1.165, 1.54) is 18.1 Å². The Hall–Kier alpha value is -2.43. The Balaban J connectivity index is 2.06. The minimum absolute atomic E-state index is 0.662. The van der Waals surface area contributed by atoms with Gasteiger partial charge in [-0.15, -0.1) is 0 Å². The molecular formula is C17H22N4O. The molecule has 2 rings (SSSR count). The van der Waals surface area contributed by atoms with Crippen LogP contribution < -0.4 is 9.63 Å². The SMILES string of the molecule is CCCN(CCC)c1ccc(N=Nc2cc[n+]([O-])cc2)cc1. The molecule has 0 N–H and O–H groups in total. The molecule has 1 aromatic heterocycles. The van der Waals surface area contributed by atoms with Gasteiger partial charge < -0.3 is 10.1 Å². The third kappa shape index (κ3) is 4.55. The maximum atomic E-state index is 10.9. The lowest BCUT2D eigenvalue weighted by atomic mass is 10.2. The smallest absolute Gasteiger partial charge is 0.182 e. The van der Waals surface area contributed by atoms with Gasteiger partial charge in [-0.25, -0.2) is 0 Å². The maximum absolute atomic E-state index is 10.9. The molecule has 0 fully saturated rings. The van der Waals surface area contributed by atoms with Crippen LogP contribution >= 0.6 is 0 Å². The van der Waals surface area contributed by atoms with Crippen LogP contribution in [0.1, 0.15) is 26.7 Å². The van der Waals surface area contributed by atoms with Gasteiger partial charge in [0.1, 0.15) is 0 Å². The molecule has 0 radical (unpaired) electrons. The monoisotopic (exact) mass is 298 g/mol. The van der Waals surface area contributed by atoms with Crippen LogP contribution in [-0.4, -0.2) is 13.1 Å². The standard InChI is InChI=1S/C17H22N4O/c1-3-11-20(12-4-2)17-7-5-15(6-8-17)18-19-16-9-13-21(22)14-10-16/h5-10,13-14H,3-4,11-12H2,1-2H3. The topological polar surface area (TPSA) is 54.9 Å². The predicted molar refractivity (Wildman–Crippen MR) is 88.8 cm³/mol. The van der Waals surface area contributed by atoms with Gasteiger partial charge in [0.05, 0.1) is 11.4 Å². The summed E-state index contributed by atoms with van der Waals surface area (Å²) < 4.78 is 0.726. The summed E-state index contributed by atoms with van der Waals surface area (Å²) in [6, 6.07) is 11.4. The normalized spacial score (nSPS) is 11.0. The van der Waals surface area contributed by atoms with E-state index in [9.17, 15) is 5.21 Å². The summed E-state index contributed by atoms with van der Waals surface area (Å²) in [5.74, 6) is 0. The second-order valence-electron chi connectivity index (χ2n) is 5.12. The van der Waals surface area contributed by atoms with Crippen molar-refractivity contribution in [2.24, 2.45) is 10.2 Å². The molecule has 116 valence electrons. The predicted octanol–water partition coefficient (Wildman–Crippen LogP) is 4.36. The number of nitrogens with zero attached hydrogens (tertiary/aromatic N) is 4. The minimum atomic E-state index is 0.662. The molecule has 22 heavy (non-hydrogen) atoms. The zero-order chi connectivity index (χ0) is 15.8. The van der Waals surface area contributed by atoms with E-state index in [2.05, 4.69) is 41.1 Å². The fourth-order valence-electron chi connectivity index (χ4n) is 2.23. The summed E-state index contributed by atoms with van der Waals surface area (Å²) in [6.07, 6.45) is 5.08. The number of anilines is 1. The molecule has 0 amide bonds. The van der Waals surface area contributed by atoms with Crippen molar-refractivity contribution in [3.05, 3.63) is 54.0 Å². The second-order valence-corrected chi connectivity index (χ2v) is 5.12. The van der Waals surface area contributed by atoms with E-state index in [1.807, 2.05) is 12.1 Å². The average molecular weight is 298 g/mol. The summed E-state index contributed by atoms with van der Waals surface area (Å²) in [5, 5.41) is 19.3. The Labute approximate surface area is 131 Å². The lowest BCUT2D eigenvalue weighted by Gasteiger charge is -2.23. The van der Waals surface area contributed by atoms with E-state index in [-0.39, 0.29) is 0 Å². The molecule has 0 aliphatic heterocycles. The number of aromatic nitrogens is 1. The van der Waals surface area contributed by atoms with Crippen LogP contribution in [-0.2, 0) is 0 Å². The Kier molecular flexibility index (Phi) is 5.89. The molecule has 0 bridgehead atoms. The maximum Gasteiger partial charge on any atom is 0.182 e. The van der Waals surface area contributed by atoms with Crippen LogP contribution in [0.25, 0.3) is 0 Å². The summed E-state index contributed by atoms with van der Waals surface area (Å²) in [6.45, 7) is 6.51. The Morgan fingerprint density at radius 3 is 1.86 bits per heavy atom. The van der Waals surface area contributed by atoms with E-state index in [1.54, 1.807) is 12.1 Å². The Morgan fingerprint density at radius 1 is 0.864 bits per heavy atom. The van der Waals surface area contributed by atoms with Crippen molar-refractivity contribution in [3.8, 4) is 0 Å². The first-order valence-electron chi connectivity index (χ1n) is 7.68. The highest BCUT2D eigenvalue weighted by Crippen LogP contribution is 2.22. The molecule has 0 aliphatic carbocycles. The first-order chi connectivity index (χ1) is 10.7. The highest BCUT2D eigenvalue weighted by Gasteiger charge is 2.04. The molecule has 1 aromatic carbocycles. The van der Waals surface area contributed by atoms with Gasteiger partial charge >= 0.3 is 0 Å². The second kappa shape index (κ2) is 8.12. The lowest BCUT2D eigenvalue weighted by Crippen LogP contribution is -2.24. The van der Waals surface area contributed by atoms with Crippen molar-refractivity contribution >= 4 is 17.1 Å². The number of benzene rings is 1. The molecule has 5 heteroatoms. The number of hydrogen-bond acceptors (Lipinski definition) is 4. The summed E-state index contributed by atoms with van der Waals surface area (Å²) >= 11 is 0. The first kappa shape index (κ1) is 15.9. The van der Waals surface area contributed by atoms with Gasteiger partial charge in [0.25, 0.3) is 0 Å². The van der Waals surface area contributed by atoms with Crippen LogP contribution in [0.15, 0.2) is 59.0 Å². The van der Waals surface area contributed by atoms with E-state index < -0.39 is 0 Å². The molecule has 2 aromatic rings. The molecule has 5 nitrogen and oxygen atoms in total. The van der Waals surface area contributed by atoms with Gasteiger partial charge in [-0.3, -0.25) is 0 Å². The Morgan fingerprint density at radius 2 is 1.36 bits per heavy atom.